The molecule has 0 aromatic heterocycles. The first-order valence-corrected chi connectivity index (χ1v) is 12.2. The van der Waals surface area contributed by atoms with E-state index in [9.17, 15) is 13.2 Å². The molecule has 0 spiro atoms. The van der Waals surface area contributed by atoms with Gasteiger partial charge in [-0.25, -0.2) is 8.42 Å². The lowest BCUT2D eigenvalue weighted by molar-refractivity contribution is -0.119. The SMILES string of the molecule is CCCOc1ccccc1CCCNC(=O)CN(c1ccc(Br)cc1)S(C)(=O)=O. The molecule has 0 aliphatic heterocycles. The summed E-state index contributed by atoms with van der Waals surface area (Å²) in [6, 6.07) is 14.7. The van der Waals surface area contributed by atoms with Crippen LogP contribution in [0.25, 0.3) is 0 Å². The quantitative estimate of drug-likeness (QED) is 0.494. The Morgan fingerprint density at radius 1 is 1.14 bits per heavy atom. The molecule has 2 aromatic carbocycles. The first-order valence-electron chi connectivity index (χ1n) is 9.52. The molecule has 0 aliphatic carbocycles. The van der Waals surface area contributed by atoms with Gasteiger partial charge in [0.05, 0.1) is 18.6 Å². The Hall–Kier alpha value is -2.06. The molecule has 0 aliphatic rings. The van der Waals surface area contributed by atoms with E-state index in [1.165, 1.54) is 0 Å². The van der Waals surface area contributed by atoms with E-state index in [0.29, 0.717) is 18.8 Å². The summed E-state index contributed by atoms with van der Waals surface area (Å²) in [5.74, 6) is 0.535. The van der Waals surface area contributed by atoms with E-state index < -0.39 is 10.0 Å². The van der Waals surface area contributed by atoms with E-state index in [0.717, 1.165) is 45.6 Å². The molecule has 1 N–H and O–H groups in total. The minimum atomic E-state index is -3.57. The molecule has 0 atom stereocenters. The zero-order valence-electron chi connectivity index (χ0n) is 16.7. The molecule has 1 amide bonds. The number of para-hydroxylation sites is 1. The van der Waals surface area contributed by atoms with Crippen molar-refractivity contribution in [3.05, 3.63) is 58.6 Å². The lowest BCUT2D eigenvalue weighted by Gasteiger charge is -2.22. The molecule has 0 bridgehead atoms. The van der Waals surface area contributed by atoms with Gasteiger partial charge in [-0.3, -0.25) is 9.10 Å². The van der Waals surface area contributed by atoms with Gasteiger partial charge in [-0.05, 0) is 55.2 Å². The molecule has 158 valence electrons. The second-order valence-electron chi connectivity index (χ2n) is 6.66. The number of hydrogen-bond acceptors (Lipinski definition) is 4. The van der Waals surface area contributed by atoms with E-state index in [1.807, 2.05) is 24.3 Å². The van der Waals surface area contributed by atoms with Gasteiger partial charge in [0.2, 0.25) is 15.9 Å². The highest BCUT2D eigenvalue weighted by Crippen LogP contribution is 2.21. The Labute approximate surface area is 181 Å². The molecule has 8 heteroatoms. The number of amides is 1. The van der Waals surface area contributed by atoms with E-state index in [-0.39, 0.29) is 12.5 Å². The Morgan fingerprint density at radius 2 is 1.83 bits per heavy atom. The normalized spacial score (nSPS) is 11.1. The molecule has 0 fully saturated rings. The number of carbonyl (C=O) groups is 1. The van der Waals surface area contributed by atoms with Crippen molar-refractivity contribution in [2.75, 3.05) is 30.3 Å². The highest BCUT2D eigenvalue weighted by Gasteiger charge is 2.20. The number of hydrogen-bond donors (Lipinski definition) is 1. The van der Waals surface area contributed by atoms with Crippen LogP contribution in [0.2, 0.25) is 0 Å². The average molecular weight is 483 g/mol. The van der Waals surface area contributed by atoms with Gasteiger partial charge in [0.25, 0.3) is 0 Å². The minimum absolute atomic E-state index is 0.253. The Morgan fingerprint density at radius 3 is 2.48 bits per heavy atom. The molecule has 0 saturated heterocycles. The fourth-order valence-electron chi connectivity index (χ4n) is 2.76. The number of rotatable bonds is 11. The largest absolute Gasteiger partial charge is 0.493 e. The van der Waals surface area contributed by atoms with Gasteiger partial charge in [-0.1, -0.05) is 41.1 Å². The maximum Gasteiger partial charge on any atom is 0.240 e. The summed E-state index contributed by atoms with van der Waals surface area (Å²) in [7, 11) is -3.57. The zero-order valence-corrected chi connectivity index (χ0v) is 19.1. The van der Waals surface area contributed by atoms with Crippen LogP contribution in [-0.4, -0.2) is 40.3 Å². The maximum atomic E-state index is 12.3. The second-order valence-corrected chi connectivity index (χ2v) is 9.48. The van der Waals surface area contributed by atoms with Gasteiger partial charge in [0.1, 0.15) is 12.3 Å². The van der Waals surface area contributed by atoms with Crippen molar-refractivity contribution in [1.29, 1.82) is 0 Å². The topological polar surface area (TPSA) is 75.7 Å². The third kappa shape index (κ3) is 7.70. The smallest absolute Gasteiger partial charge is 0.240 e. The van der Waals surface area contributed by atoms with Crippen LogP contribution >= 0.6 is 15.9 Å². The van der Waals surface area contributed by atoms with Crippen LogP contribution in [0.15, 0.2) is 53.0 Å². The maximum absolute atomic E-state index is 12.3. The second kappa shape index (κ2) is 11.2. The van der Waals surface area contributed by atoms with Crippen molar-refractivity contribution < 1.29 is 17.9 Å². The van der Waals surface area contributed by atoms with Gasteiger partial charge in [0, 0.05) is 11.0 Å². The number of ether oxygens (including phenoxy) is 1. The van der Waals surface area contributed by atoms with Crippen LogP contribution in [0, 0.1) is 0 Å². The molecule has 6 nitrogen and oxygen atoms in total. The van der Waals surface area contributed by atoms with Crippen LogP contribution in [0.4, 0.5) is 5.69 Å². The standard InChI is InChI=1S/C21H27BrN2O4S/c1-3-15-28-20-9-5-4-7-17(20)8-6-14-23-21(25)16-24(29(2,26)27)19-12-10-18(22)11-13-19/h4-5,7,9-13H,3,6,8,14-16H2,1-2H3,(H,23,25). The predicted octanol–water partition coefficient (Wildman–Crippen LogP) is 3.75. The molecule has 0 heterocycles. The lowest BCUT2D eigenvalue weighted by atomic mass is 10.1. The summed E-state index contributed by atoms with van der Waals surface area (Å²) in [6.07, 6.45) is 3.53. The molecule has 29 heavy (non-hydrogen) atoms. The van der Waals surface area contributed by atoms with Crippen LogP contribution in [-0.2, 0) is 21.2 Å². The number of carbonyl (C=O) groups excluding carboxylic acids is 1. The number of halogens is 1. The number of nitrogens with one attached hydrogen (secondary N) is 1. The molecule has 0 unspecified atom stereocenters. The third-order valence-electron chi connectivity index (χ3n) is 4.18. The lowest BCUT2D eigenvalue weighted by Crippen LogP contribution is -2.40. The highest BCUT2D eigenvalue weighted by atomic mass is 79.9. The van der Waals surface area contributed by atoms with E-state index in [4.69, 9.17) is 4.74 Å². The molecular weight excluding hydrogens is 456 g/mol. The van der Waals surface area contributed by atoms with Crippen molar-refractivity contribution in [2.45, 2.75) is 26.2 Å². The molecule has 0 saturated carbocycles. The number of aryl methyl sites for hydroxylation is 1. The third-order valence-corrected chi connectivity index (χ3v) is 5.85. The van der Waals surface area contributed by atoms with Crippen LogP contribution in [0.5, 0.6) is 5.75 Å². The van der Waals surface area contributed by atoms with Gasteiger partial charge in [-0.15, -0.1) is 0 Å². The summed E-state index contributed by atoms with van der Waals surface area (Å²) in [6.45, 7) is 2.94. The van der Waals surface area contributed by atoms with Gasteiger partial charge < -0.3 is 10.1 Å². The predicted molar refractivity (Wildman–Crippen MR) is 120 cm³/mol. The minimum Gasteiger partial charge on any atom is -0.493 e. The molecular formula is C21H27BrN2O4S. The highest BCUT2D eigenvalue weighted by molar-refractivity contribution is 9.10. The summed E-state index contributed by atoms with van der Waals surface area (Å²) < 4.78 is 31.9. The summed E-state index contributed by atoms with van der Waals surface area (Å²) in [4.78, 5) is 12.3. The van der Waals surface area contributed by atoms with Crippen molar-refractivity contribution in [3.63, 3.8) is 0 Å². The van der Waals surface area contributed by atoms with Crippen molar-refractivity contribution in [3.8, 4) is 5.75 Å². The van der Waals surface area contributed by atoms with Crippen LogP contribution in [0.3, 0.4) is 0 Å². The zero-order chi connectivity index (χ0) is 21.3. The Balaban J connectivity index is 1.88. The number of benzene rings is 2. The monoisotopic (exact) mass is 482 g/mol. The van der Waals surface area contributed by atoms with Crippen LogP contribution in [0.1, 0.15) is 25.3 Å². The summed E-state index contributed by atoms with van der Waals surface area (Å²) in [5.41, 5.74) is 1.55. The molecule has 2 rings (SSSR count). The van der Waals surface area contributed by atoms with Gasteiger partial charge >= 0.3 is 0 Å². The first-order chi connectivity index (χ1) is 13.8. The first kappa shape index (κ1) is 23.2. The van der Waals surface area contributed by atoms with Crippen molar-refractivity contribution >= 4 is 37.5 Å². The molecule has 2 aromatic rings. The van der Waals surface area contributed by atoms with Crippen LogP contribution < -0.4 is 14.4 Å². The Kier molecular flexibility index (Phi) is 8.98. The number of nitrogens with zero attached hydrogens (tertiary/aromatic N) is 1. The number of anilines is 1. The molecule has 0 radical (unpaired) electrons. The van der Waals surface area contributed by atoms with E-state index in [1.54, 1.807) is 24.3 Å². The van der Waals surface area contributed by atoms with Gasteiger partial charge in [0.15, 0.2) is 0 Å². The summed E-state index contributed by atoms with van der Waals surface area (Å²) >= 11 is 3.32. The average Bonchev–Trinajstić information content (AvgIpc) is 2.68. The van der Waals surface area contributed by atoms with Gasteiger partial charge in [-0.2, -0.15) is 0 Å². The fraction of sp³-hybridized carbons (Fsp3) is 0.381. The fourth-order valence-corrected chi connectivity index (χ4v) is 3.88. The van der Waals surface area contributed by atoms with Crippen molar-refractivity contribution in [2.24, 2.45) is 0 Å². The Bertz CT molecular complexity index is 901. The van der Waals surface area contributed by atoms with Crippen molar-refractivity contribution in [1.82, 2.24) is 5.32 Å². The van der Waals surface area contributed by atoms with E-state index in [2.05, 4.69) is 28.2 Å². The van der Waals surface area contributed by atoms with E-state index >= 15 is 0 Å². The number of sulfonamides is 1. The summed E-state index contributed by atoms with van der Waals surface area (Å²) in [5, 5.41) is 2.80.